The minimum Gasteiger partial charge on any atom is -0.496 e. The van der Waals surface area contributed by atoms with Gasteiger partial charge < -0.3 is 14.4 Å². The van der Waals surface area contributed by atoms with Crippen LogP contribution < -0.4 is 9.47 Å². The summed E-state index contributed by atoms with van der Waals surface area (Å²) in [5.74, 6) is 1.00. The van der Waals surface area contributed by atoms with Crippen LogP contribution in [0.3, 0.4) is 0 Å². The number of amides is 1. The van der Waals surface area contributed by atoms with Gasteiger partial charge in [0.2, 0.25) is 0 Å². The van der Waals surface area contributed by atoms with E-state index >= 15 is 0 Å². The molecular formula is C23H28N2O4. The van der Waals surface area contributed by atoms with Gasteiger partial charge in [-0.2, -0.15) is 0 Å². The number of rotatable bonds is 7. The summed E-state index contributed by atoms with van der Waals surface area (Å²) in [6.45, 7) is 4.89. The Bertz CT molecular complexity index is 833. The monoisotopic (exact) mass is 396 g/mol. The van der Waals surface area contributed by atoms with Gasteiger partial charge in [0, 0.05) is 31.7 Å². The summed E-state index contributed by atoms with van der Waals surface area (Å²) in [4.78, 5) is 29.5. The molecule has 6 nitrogen and oxygen atoms in total. The van der Waals surface area contributed by atoms with E-state index in [9.17, 15) is 9.59 Å². The first-order valence-corrected chi connectivity index (χ1v) is 9.92. The minimum absolute atomic E-state index is 0.110. The lowest BCUT2D eigenvalue weighted by molar-refractivity contribution is 0.0618. The third-order valence-corrected chi connectivity index (χ3v) is 5.35. The van der Waals surface area contributed by atoms with Crippen molar-refractivity contribution in [3.63, 3.8) is 0 Å². The molecule has 0 saturated carbocycles. The standard InChI is InChI=1S/C23H28N2O4/c1-4-17-8-10-18(11-9-17)19(26)16-24-12-14-25(15-13-24)23(27)22-20(28-2)6-5-7-21(22)29-3/h5-11H,4,12-16H2,1-3H3. The fourth-order valence-corrected chi connectivity index (χ4v) is 3.55. The molecule has 0 unspecified atom stereocenters. The van der Waals surface area contributed by atoms with Gasteiger partial charge in [-0.25, -0.2) is 0 Å². The van der Waals surface area contributed by atoms with E-state index in [4.69, 9.17) is 9.47 Å². The molecule has 1 fully saturated rings. The van der Waals surface area contributed by atoms with Crippen molar-refractivity contribution < 1.29 is 19.1 Å². The van der Waals surface area contributed by atoms with Crippen molar-refractivity contribution in [1.29, 1.82) is 0 Å². The van der Waals surface area contributed by atoms with Crippen molar-refractivity contribution in [2.24, 2.45) is 0 Å². The second-order valence-corrected chi connectivity index (χ2v) is 7.08. The van der Waals surface area contributed by atoms with E-state index < -0.39 is 0 Å². The summed E-state index contributed by atoms with van der Waals surface area (Å²) >= 11 is 0. The smallest absolute Gasteiger partial charge is 0.261 e. The SMILES string of the molecule is CCc1ccc(C(=O)CN2CCN(C(=O)c3c(OC)cccc3OC)CC2)cc1. The van der Waals surface area contributed by atoms with Crippen LogP contribution in [-0.4, -0.2) is 68.4 Å². The van der Waals surface area contributed by atoms with E-state index in [1.807, 2.05) is 24.3 Å². The highest BCUT2D eigenvalue weighted by Crippen LogP contribution is 2.29. The van der Waals surface area contributed by atoms with Crippen LogP contribution >= 0.6 is 0 Å². The largest absolute Gasteiger partial charge is 0.496 e. The second-order valence-electron chi connectivity index (χ2n) is 7.08. The Kier molecular flexibility index (Phi) is 6.88. The summed E-state index contributed by atoms with van der Waals surface area (Å²) in [5, 5.41) is 0. The normalized spacial score (nSPS) is 14.5. The Labute approximate surface area is 172 Å². The molecule has 0 N–H and O–H groups in total. The number of ketones is 1. The number of ether oxygens (including phenoxy) is 2. The topological polar surface area (TPSA) is 59.1 Å². The molecule has 1 aliphatic heterocycles. The summed E-state index contributed by atoms with van der Waals surface area (Å²) in [7, 11) is 3.09. The van der Waals surface area contributed by atoms with E-state index in [-0.39, 0.29) is 11.7 Å². The molecule has 2 aromatic carbocycles. The van der Waals surface area contributed by atoms with Crippen molar-refractivity contribution >= 4 is 11.7 Å². The van der Waals surface area contributed by atoms with Crippen LogP contribution in [0.15, 0.2) is 42.5 Å². The number of aryl methyl sites for hydroxylation is 1. The maximum atomic E-state index is 13.1. The first-order chi connectivity index (χ1) is 14.1. The zero-order valence-corrected chi connectivity index (χ0v) is 17.3. The molecule has 0 aliphatic carbocycles. The number of hydrogen-bond donors (Lipinski definition) is 0. The lowest BCUT2D eigenvalue weighted by atomic mass is 10.1. The van der Waals surface area contributed by atoms with Crippen LogP contribution in [0.4, 0.5) is 0 Å². The minimum atomic E-state index is -0.111. The molecule has 0 spiro atoms. The fraction of sp³-hybridized carbons (Fsp3) is 0.391. The third kappa shape index (κ3) is 4.77. The summed E-state index contributed by atoms with van der Waals surface area (Å²) < 4.78 is 10.7. The van der Waals surface area contributed by atoms with E-state index in [1.54, 1.807) is 37.3 Å². The van der Waals surface area contributed by atoms with Crippen LogP contribution in [0.2, 0.25) is 0 Å². The number of nitrogens with zero attached hydrogens (tertiary/aromatic N) is 2. The van der Waals surface area contributed by atoms with Gasteiger partial charge in [-0.3, -0.25) is 14.5 Å². The zero-order chi connectivity index (χ0) is 20.8. The molecule has 154 valence electrons. The quantitative estimate of drug-likeness (QED) is 0.674. The molecule has 2 aromatic rings. The van der Waals surface area contributed by atoms with Crippen LogP contribution in [-0.2, 0) is 6.42 Å². The van der Waals surface area contributed by atoms with Gasteiger partial charge >= 0.3 is 0 Å². The molecule has 0 radical (unpaired) electrons. The van der Waals surface area contributed by atoms with Crippen molar-refractivity contribution in [3.8, 4) is 11.5 Å². The molecule has 29 heavy (non-hydrogen) atoms. The Morgan fingerprint density at radius 3 is 2.00 bits per heavy atom. The van der Waals surface area contributed by atoms with Gasteiger partial charge in [0.1, 0.15) is 17.1 Å². The van der Waals surface area contributed by atoms with Gasteiger partial charge in [-0.1, -0.05) is 37.3 Å². The molecular weight excluding hydrogens is 368 g/mol. The Morgan fingerprint density at radius 1 is 0.897 bits per heavy atom. The van der Waals surface area contributed by atoms with Crippen LogP contribution in [0, 0.1) is 0 Å². The summed E-state index contributed by atoms with van der Waals surface area (Å²) in [6.07, 6.45) is 0.960. The van der Waals surface area contributed by atoms with E-state index in [0.717, 1.165) is 12.0 Å². The number of piperazine rings is 1. The second kappa shape index (κ2) is 9.56. The van der Waals surface area contributed by atoms with Crippen molar-refractivity contribution in [2.75, 3.05) is 46.9 Å². The van der Waals surface area contributed by atoms with E-state index in [1.165, 1.54) is 5.56 Å². The fourth-order valence-electron chi connectivity index (χ4n) is 3.55. The van der Waals surface area contributed by atoms with Crippen LogP contribution in [0.25, 0.3) is 0 Å². The van der Waals surface area contributed by atoms with Gasteiger partial charge in [-0.15, -0.1) is 0 Å². The Hall–Kier alpha value is -2.86. The van der Waals surface area contributed by atoms with Gasteiger partial charge in [-0.05, 0) is 24.1 Å². The molecule has 1 aliphatic rings. The average Bonchev–Trinajstić information content (AvgIpc) is 2.78. The number of benzene rings is 2. The lowest BCUT2D eigenvalue weighted by Gasteiger charge is -2.34. The van der Waals surface area contributed by atoms with Gasteiger partial charge in [0.05, 0.1) is 20.8 Å². The predicted molar refractivity (Wildman–Crippen MR) is 112 cm³/mol. The molecule has 1 saturated heterocycles. The highest BCUT2D eigenvalue weighted by Gasteiger charge is 2.27. The number of carbonyl (C=O) groups excluding carboxylic acids is 2. The first kappa shape index (κ1) is 20.9. The molecule has 0 atom stereocenters. The number of Topliss-reactive ketones (excluding diaryl/α,β-unsaturated/α-hetero) is 1. The van der Waals surface area contributed by atoms with Crippen molar-refractivity contribution in [1.82, 2.24) is 9.80 Å². The van der Waals surface area contributed by atoms with E-state index in [2.05, 4.69) is 11.8 Å². The highest BCUT2D eigenvalue weighted by molar-refractivity contribution is 6.00. The van der Waals surface area contributed by atoms with Crippen molar-refractivity contribution in [3.05, 3.63) is 59.2 Å². The maximum Gasteiger partial charge on any atom is 0.261 e. The third-order valence-electron chi connectivity index (χ3n) is 5.35. The average molecular weight is 396 g/mol. The van der Waals surface area contributed by atoms with Gasteiger partial charge in [0.25, 0.3) is 5.91 Å². The van der Waals surface area contributed by atoms with Crippen molar-refractivity contribution in [2.45, 2.75) is 13.3 Å². The van der Waals surface area contributed by atoms with E-state index in [0.29, 0.717) is 49.8 Å². The summed E-state index contributed by atoms with van der Waals surface area (Å²) in [6, 6.07) is 13.1. The van der Waals surface area contributed by atoms with Crippen LogP contribution in [0.5, 0.6) is 11.5 Å². The lowest BCUT2D eigenvalue weighted by Crippen LogP contribution is -2.50. The highest BCUT2D eigenvalue weighted by atomic mass is 16.5. The molecule has 0 bridgehead atoms. The predicted octanol–water partition coefficient (Wildman–Crippen LogP) is 2.91. The van der Waals surface area contributed by atoms with Crippen LogP contribution in [0.1, 0.15) is 33.2 Å². The molecule has 6 heteroatoms. The Balaban J connectivity index is 1.60. The number of hydrogen-bond acceptors (Lipinski definition) is 5. The first-order valence-electron chi connectivity index (χ1n) is 9.92. The van der Waals surface area contributed by atoms with Gasteiger partial charge in [0.15, 0.2) is 5.78 Å². The zero-order valence-electron chi connectivity index (χ0n) is 17.3. The maximum absolute atomic E-state index is 13.1. The number of methoxy groups -OCH3 is 2. The molecule has 3 rings (SSSR count). The molecule has 1 amide bonds. The number of carbonyl (C=O) groups is 2. The molecule has 0 aromatic heterocycles. The Morgan fingerprint density at radius 2 is 1.48 bits per heavy atom. The molecule has 1 heterocycles. The summed E-state index contributed by atoms with van der Waals surface area (Å²) in [5.41, 5.74) is 2.40.